The van der Waals surface area contributed by atoms with Crippen LogP contribution in [0, 0.1) is 0 Å². The van der Waals surface area contributed by atoms with Crippen molar-refractivity contribution < 1.29 is 29.3 Å². The minimum atomic E-state index is -1.11. The Morgan fingerprint density at radius 3 is 2.69 bits per heavy atom. The van der Waals surface area contributed by atoms with Gasteiger partial charge in [0, 0.05) is 52.0 Å². The number of anilines is 3. The molecule has 11 nitrogen and oxygen atoms in total. The molecular formula is C24H35N5O6. The van der Waals surface area contributed by atoms with E-state index in [4.69, 9.17) is 14.6 Å². The Labute approximate surface area is 205 Å². The van der Waals surface area contributed by atoms with Gasteiger partial charge in [-0.05, 0) is 38.5 Å². The summed E-state index contributed by atoms with van der Waals surface area (Å²) in [7, 11) is 3.06. The number of amides is 1. The smallest absolute Gasteiger partial charge is 0.212 e. The highest BCUT2D eigenvalue weighted by atomic mass is 16.6. The molecule has 2 aromatic heterocycles. The van der Waals surface area contributed by atoms with Gasteiger partial charge >= 0.3 is 0 Å². The SMILES string of the molecule is CC(C)(O)OCCCOc1ccnc(NC=O)c1.CN1c2nc(C=O)ccc2N2CCC1C2.CO. The van der Waals surface area contributed by atoms with Crippen LogP contribution in [-0.2, 0) is 9.53 Å². The van der Waals surface area contributed by atoms with E-state index in [9.17, 15) is 14.7 Å². The topological polar surface area (TPSA) is 137 Å². The largest absolute Gasteiger partial charge is 0.493 e. The van der Waals surface area contributed by atoms with Gasteiger partial charge in [0.25, 0.3) is 0 Å². The van der Waals surface area contributed by atoms with Crippen molar-refractivity contribution in [3.8, 4) is 5.75 Å². The quantitative estimate of drug-likeness (QED) is 0.271. The number of hydrogen-bond acceptors (Lipinski definition) is 10. The van der Waals surface area contributed by atoms with Crippen LogP contribution in [0.4, 0.5) is 17.3 Å². The fourth-order valence-corrected chi connectivity index (χ4v) is 3.69. The number of aldehydes is 1. The summed E-state index contributed by atoms with van der Waals surface area (Å²) in [5.74, 6) is 0.902. The number of pyridine rings is 2. The minimum Gasteiger partial charge on any atom is -0.493 e. The number of aliphatic hydroxyl groups excluding tert-OH is 1. The predicted octanol–water partition coefficient (Wildman–Crippen LogP) is 1.69. The van der Waals surface area contributed by atoms with Crippen LogP contribution in [0.2, 0.25) is 0 Å². The minimum absolute atomic E-state index is 0.411. The standard InChI is InChI=1S/C12H18N2O4.C11H13N3O.CH4O/c1-12(2,16)18-7-3-6-17-10-4-5-13-11(8-10)14-9-15;1-13-9-4-5-14(6-9)10-3-2-8(7-15)12-11(10)13;1-2/h4-5,8-9,16H,3,6-7H2,1-2H3,(H,13,14,15);2-3,7,9H,4-6H2,1H3;2H,1H3. The van der Waals surface area contributed by atoms with E-state index in [1.165, 1.54) is 6.42 Å². The molecule has 0 aliphatic carbocycles. The lowest BCUT2D eigenvalue weighted by molar-refractivity contribution is -0.176. The highest BCUT2D eigenvalue weighted by Crippen LogP contribution is 2.37. The molecule has 192 valence electrons. The number of ether oxygens (including phenoxy) is 2. The fraction of sp³-hybridized carbons (Fsp3) is 0.500. The molecule has 1 atom stereocenters. The third kappa shape index (κ3) is 8.46. The molecule has 1 saturated heterocycles. The zero-order valence-electron chi connectivity index (χ0n) is 20.7. The molecule has 1 amide bonds. The number of rotatable bonds is 9. The number of aliphatic hydroxyl groups is 2. The third-order valence-corrected chi connectivity index (χ3v) is 5.33. The van der Waals surface area contributed by atoms with Crippen LogP contribution in [0.15, 0.2) is 30.5 Å². The zero-order valence-corrected chi connectivity index (χ0v) is 20.7. The number of nitrogens with one attached hydrogen (secondary N) is 1. The second kappa shape index (κ2) is 13.6. The molecule has 2 aliphatic heterocycles. The lowest BCUT2D eigenvalue weighted by atomic mass is 10.2. The Morgan fingerprint density at radius 2 is 2.00 bits per heavy atom. The van der Waals surface area contributed by atoms with Crippen LogP contribution in [0.3, 0.4) is 0 Å². The van der Waals surface area contributed by atoms with E-state index < -0.39 is 5.79 Å². The van der Waals surface area contributed by atoms with Crippen molar-refractivity contribution >= 4 is 30.0 Å². The van der Waals surface area contributed by atoms with E-state index in [0.29, 0.717) is 49.3 Å². The van der Waals surface area contributed by atoms with Crippen molar-refractivity contribution in [1.29, 1.82) is 0 Å². The van der Waals surface area contributed by atoms with E-state index in [1.807, 2.05) is 6.07 Å². The summed E-state index contributed by atoms with van der Waals surface area (Å²) < 4.78 is 10.6. The first kappa shape index (κ1) is 28.0. The molecule has 3 N–H and O–H groups in total. The number of hydrogen-bond donors (Lipinski definition) is 3. The van der Waals surface area contributed by atoms with Crippen molar-refractivity contribution in [2.24, 2.45) is 0 Å². The van der Waals surface area contributed by atoms with E-state index in [-0.39, 0.29) is 0 Å². The Bertz CT molecular complexity index is 952. The van der Waals surface area contributed by atoms with Gasteiger partial charge in [-0.1, -0.05) is 0 Å². The van der Waals surface area contributed by atoms with Crippen LogP contribution >= 0.6 is 0 Å². The second-order valence-electron chi connectivity index (χ2n) is 8.33. The molecular weight excluding hydrogens is 454 g/mol. The Hall–Kier alpha value is -3.28. The third-order valence-electron chi connectivity index (χ3n) is 5.33. The van der Waals surface area contributed by atoms with Crippen LogP contribution in [0.1, 0.15) is 37.2 Å². The van der Waals surface area contributed by atoms with E-state index in [0.717, 1.165) is 38.0 Å². The van der Waals surface area contributed by atoms with Gasteiger partial charge in [0.05, 0.1) is 18.9 Å². The average Bonchev–Trinajstić information content (AvgIpc) is 3.30. The van der Waals surface area contributed by atoms with Crippen LogP contribution in [0.5, 0.6) is 5.75 Å². The van der Waals surface area contributed by atoms with Crippen molar-refractivity contribution in [3.05, 3.63) is 36.2 Å². The van der Waals surface area contributed by atoms with Crippen molar-refractivity contribution in [2.75, 3.05) is 55.6 Å². The molecule has 0 spiro atoms. The molecule has 1 fully saturated rings. The van der Waals surface area contributed by atoms with E-state index in [1.54, 1.807) is 38.2 Å². The fourth-order valence-electron chi connectivity index (χ4n) is 3.69. The lowest BCUT2D eigenvalue weighted by Gasteiger charge is -2.34. The maximum atomic E-state index is 10.7. The predicted molar refractivity (Wildman–Crippen MR) is 133 cm³/mol. The summed E-state index contributed by atoms with van der Waals surface area (Å²) in [5, 5.41) is 18.8. The lowest BCUT2D eigenvalue weighted by Crippen LogP contribution is -2.40. The molecule has 11 heteroatoms. The molecule has 2 bridgehead atoms. The molecule has 4 rings (SSSR count). The maximum absolute atomic E-state index is 10.7. The molecule has 1 unspecified atom stereocenters. The van der Waals surface area contributed by atoms with Gasteiger partial charge in [-0.15, -0.1) is 0 Å². The number of carbonyl (C=O) groups excluding carboxylic acids is 2. The van der Waals surface area contributed by atoms with Gasteiger partial charge in [0.2, 0.25) is 6.41 Å². The van der Waals surface area contributed by atoms with Gasteiger partial charge in [0.1, 0.15) is 17.3 Å². The number of carbonyl (C=O) groups is 2. The number of nitrogens with zero attached hydrogens (tertiary/aromatic N) is 4. The van der Waals surface area contributed by atoms with Crippen LogP contribution < -0.4 is 19.9 Å². The van der Waals surface area contributed by atoms with E-state index >= 15 is 0 Å². The normalized spacial score (nSPS) is 15.7. The highest BCUT2D eigenvalue weighted by molar-refractivity contribution is 5.78. The highest BCUT2D eigenvalue weighted by Gasteiger charge is 2.34. The average molecular weight is 490 g/mol. The second-order valence-corrected chi connectivity index (χ2v) is 8.33. The molecule has 2 aromatic rings. The summed E-state index contributed by atoms with van der Waals surface area (Å²) in [6.07, 6.45) is 4.75. The first-order chi connectivity index (χ1) is 16.8. The number of fused-ring (bicyclic) bond motifs is 4. The first-order valence-electron chi connectivity index (χ1n) is 11.3. The maximum Gasteiger partial charge on any atom is 0.212 e. The summed E-state index contributed by atoms with van der Waals surface area (Å²) in [5.41, 5.74) is 1.68. The van der Waals surface area contributed by atoms with Gasteiger partial charge in [-0.3, -0.25) is 9.59 Å². The van der Waals surface area contributed by atoms with Crippen LogP contribution in [0.25, 0.3) is 0 Å². The Morgan fingerprint density at radius 1 is 1.23 bits per heavy atom. The monoisotopic (exact) mass is 489 g/mol. The number of aromatic nitrogens is 2. The van der Waals surface area contributed by atoms with Gasteiger partial charge < -0.3 is 34.8 Å². The Kier molecular flexibility index (Phi) is 10.8. The van der Waals surface area contributed by atoms with Gasteiger partial charge in [-0.2, -0.15) is 0 Å². The summed E-state index contributed by atoms with van der Waals surface area (Å²) >= 11 is 0. The van der Waals surface area contributed by atoms with Gasteiger partial charge in [-0.25, -0.2) is 9.97 Å². The van der Waals surface area contributed by atoms with Crippen LogP contribution in [-0.4, -0.2) is 85.2 Å². The van der Waals surface area contributed by atoms with Crippen molar-refractivity contribution in [3.63, 3.8) is 0 Å². The van der Waals surface area contributed by atoms with E-state index in [2.05, 4.69) is 32.1 Å². The molecule has 0 radical (unpaired) electrons. The molecule has 0 aromatic carbocycles. The molecule has 4 heterocycles. The Balaban J connectivity index is 0.000000233. The van der Waals surface area contributed by atoms with Crippen molar-refractivity contribution in [1.82, 2.24) is 9.97 Å². The molecule has 35 heavy (non-hydrogen) atoms. The zero-order chi connectivity index (χ0) is 25.8. The summed E-state index contributed by atoms with van der Waals surface area (Å²) in [6.45, 7) is 6.21. The van der Waals surface area contributed by atoms with Crippen molar-refractivity contribution in [2.45, 2.75) is 38.5 Å². The molecule has 0 saturated carbocycles. The first-order valence-corrected chi connectivity index (χ1v) is 11.3. The summed E-state index contributed by atoms with van der Waals surface area (Å²) in [6, 6.07) is 7.69. The molecule has 2 aliphatic rings. The summed E-state index contributed by atoms with van der Waals surface area (Å²) in [4.78, 5) is 33.8. The number of likely N-dealkylation sites (N-methyl/N-ethyl adjacent to an activating group) is 1. The van der Waals surface area contributed by atoms with Gasteiger partial charge in [0.15, 0.2) is 17.9 Å².